The number of nitrogens with zero attached hydrogens (tertiary/aromatic N) is 1. The van der Waals surface area contributed by atoms with Gasteiger partial charge in [-0.15, -0.1) is 11.3 Å². The highest BCUT2D eigenvalue weighted by molar-refractivity contribution is 7.16. The molecule has 1 N–H and O–H groups in total. The van der Waals surface area contributed by atoms with E-state index in [4.69, 9.17) is 0 Å². The molecule has 0 bridgehead atoms. The molecule has 2 aromatic rings. The van der Waals surface area contributed by atoms with Crippen LogP contribution in [0, 0.1) is 5.82 Å². The summed E-state index contributed by atoms with van der Waals surface area (Å²) in [6, 6.07) is 4.95. The number of nitrogens with one attached hydrogen (secondary N) is 1. The van der Waals surface area contributed by atoms with Crippen LogP contribution in [0.15, 0.2) is 18.2 Å². The normalized spacial score (nSPS) is 12.4. The van der Waals surface area contributed by atoms with E-state index in [1.807, 2.05) is 6.07 Å². The van der Waals surface area contributed by atoms with Crippen LogP contribution >= 0.6 is 11.3 Å². The first-order valence-corrected chi connectivity index (χ1v) is 6.62. The predicted octanol–water partition coefficient (Wildman–Crippen LogP) is 3.68. The van der Waals surface area contributed by atoms with Crippen LogP contribution in [0.1, 0.15) is 23.8 Å². The summed E-state index contributed by atoms with van der Waals surface area (Å²) < 4.78 is 13.1. The molecule has 0 fully saturated rings. The van der Waals surface area contributed by atoms with E-state index in [9.17, 15) is 4.39 Å². The second-order valence-corrected chi connectivity index (χ2v) is 5.28. The molecule has 1 aliphatic rings. The molecular formula is C13H13FN2S. The lowest BCUT2D eigenvalue weighted by molar-refractivity contribution is 0.626. The number of fused-ring (bicyclic) bond motifs is 3. The van der Waals surface area contributed by atoms with Crippen molar-refractivity contribution in [2.45, 2.75) is 19.8 Å². The molecule has 0 radical (unpaired) electrons. The molecule has 1 aromatic heterocycles. The highest BCUT2D eigenvalue weighted by atomic mass is 32.1. The van der Waals surface area contributed by atoms with E-state index in [1.165, 1.54) is 10.9 Å². The summed E-state index contributed by atoms with van der Waals surface area (Å²) in [5, 5.41) is 4.28. The van der Waals surface area contributed by atoms with Crippen molar-refractivity contribution in [1.82, 2.24) is 4.98 Å². The maximum atomic E-state index is 13.1. The highest BCUT2D eigenvalue weighted by Crippen LogP contribution is 2.41. The van der Waals surface area contributed by atoms with Crippen molar-refractivity contribution in [3.8, 4) is 11.3 Å². The van der Waals surface area contributed by atoms with Crippen molar-refractivity contribution in [3.63, 3.8) is 0 Å². The van der Waals surface area contributed by atoms with Gasteiger partial charge in [0.1, 0.15) is 5.82 Å². The van der Waals surface area contributed by atoms with Gasteiger partial charge in [0.05, 0.1) is 5.69 Å². The minimum absolute atomic E-state index is 0.164. The fourth-order valence-corrected chi connectivity index (χ4v) is 3.13. The summed E-state index contributed by atoms with van der Waals surface area (Å²) >= 11 is 1.68. The van der Waals surface area contributed by atoms with E-state index in [0.29, 0.717) is 0 Å². The van der Waals surface area contributed by atoms with Gasteiger partial charge in [-0.1, -0.05) is 6.92 Å². The lowest BCUT2D eigenvalue weighted by Gasteiger charge is -2.00. The van der Waals surface area contributed by atoms with Crippen LogP contribution in [0.5, 0.6) is 0 Å². The number of hydrogen-bond acceptors (Lipinski definition) is 3. The first-order chi connectivity index (χ1) is 8.28. The number of halogens is 1. The average molecular weight is 248 g/mol. The summed E-state index contributed by atoms with van der Waals surface area (Å²) in [5.41, 5.74) is 3.17. The van der Waals surface area contributed by atoms with Gasteiger partial charge >= 0.3 is 0 Å². The fourth-order valence-electron chi connectivity index (χ4n) is 2.10. The van der Waals surface area contributed by atoms with Crippen LogP contribution in [0.25, 0.3) is 11.3 Å². The number of thiazole rings is 1. The molecule has 88 valence electrons. The molecule has 2 nitrogen and oxygen atoms in total. The third kappa shape index (κ3) is 1.82. The molecule has 0 amide bonds. The van der Waals surface area contributed by atoms with Gasteiger partial charge in [-0.05, 0) is 30.2 Å². The molecule has 17 heavy (non-hydrogen) atoms. The minimum atomic E-state index is -0.164. The molecule has 0 saturated carbocycles. The molecule has 0 atom stereocenters. The zero-order valence-corrected chi connectivity index (χ0v) is 10.4. The molecular weight excluding hydrogens is 235 g/mol. The molecule has 1 aliphatic carbocycles. The maximum absolute atomic E-state index is 13.1. The maximum Gasteiger partial charge on any atom is 0.183 e. The quantitative estimate of drug-likeness (QED) is 0.765. The predicted molar refractivity (Wildman–Crippen MR) is 69.1 cm³/mol. The molecule has 0 unspecified atom stereocenters. The Balaban J connectivity index is 1.95. The topological polar surface area (TPSA) is 24.9 Å². The lowest BCUT2D eigenvalue weighted by atomic mass is 10.1. The standard InChI is InChI=1S/C13H13FN2S/c1-2-5-15-13-16-12-10-4-3-9(14)6-8(10)7-11(12)17-13/h3-4,6H,2,5,7H2,1H3,(H,15,16). The van der Waals surface area contributed by atoms with Gasteiger partial charge in [0.25, 0.3) is 0 Å². The number of benzene rings is 1. The first kappa shape index (κ1) is 10.7. The zero-order chi connectivity index (χ0) is 11.8. The van der Waals surface area contributed by atoms with E-state index in [-0.39, 0.29) is 5.82 Å². The largest absolute Gasteiger partial charge is 0.362 e. The summed E-state index contributed by atoms with van der Waals surface area (Å²) in [4.78, 5) is 5.82. The van der Waals surface area contributed by atoms with E-state index in [2.05, 4.69) is 17.2 Å². The van der Waals surface area contributed by atoms with Crippen molar-refractivity contribution in [1.29, 1.82) is 0 Å². The van der Waals surface area contributed by atoms with Crippen molar-refractivity contribution in [3.05, 3.63) is 34.5 Å². The minimum Gasteiger partial charge on any atom is -0.362 e. The Morgan fingerprint density at radius 3 is 3.18 bits per heavy atom. The second kappa shape index (κ2) is 4.11. The summed E-state index contributed by atoms with van der Waals surface area (Å²) in [6.45, 7) is 3.08. The average Bonchev–Trinajstić information content (AvgIpc) is 2.82. The molecule has 4 heteroatoms. The smallest absolute Gasteiger partial charge is 0.183 e. The van der Waals surface area contributed by atoms with Gasteiger partial charge in [0.2, 0.25) is 0 Å². The van der Waals surface area contributed by atoms with Crippen LogP contribution in [-0.2, 0) is 6.42 Å². The Kier molecular flexibility index (Phi) is 2.59. The van der Waals surface area contributed by atoms with E-state index >= 15 is 0 Å². The third-order valence-electron chi connectivity index (χ3n) is 2.90. The first-order valence-electron chi connectivity index (χ1n) is 5.80. The van der Waals surface area contributed by atoms with Crippen molar-refractivity contribution in [2.75, 3.05) is 11.9 Å². The van der Waals surface area contributed by atoms with E-state index in [1.54, 1.807) is 17.4 Å². The number of hydrogen-bond donors (Lipinski definition) is 1. The number of anilines is 1. The lowest BCUT2D eigenvalue weighted by Crippen LogP contribution is -1.98. The molecule has 1 heterocycles. The second-order valence-electron chi connectivity index (χ2n) is 4.20. The molecule has 0 aliphatic heterocycles. The van der Waals surface area contributed by atoms with Crippen molar-refractivity contribution < 1.29 is 4.39 Å². The van der Waals surface area contributed by atoms with Gasteiger partial charge < -0.3 is 5.32 Å². The van der Waals surface area contributed by atoms with Gasteiger partial charge in [-0.2, -0.15) is 0 Å². The molecule has 1 aromatic carbocycles. The van der Waals surface area contributed by atoms with Crippen LogP contribution in [-0.4, -0.2) is 11.5 Å². The Bertz CT molecular complexity index is 563. The Labute approximate surface area is 104 Å². The van der Waals surface area contributed by atoms with E-state index < -0.39 is 0 Å². The van der Waals surface area contributed by atoms with E-state index in [0.717, 1.165) is 41.3 Å². The van der Waals surface area contributed by atoms with Gasteiger partial charge in [0, 0.05) is 23.4 Å². The zero-order valence-electron chi connectivity index (χ0n) is 9.59. The molecule has 0 spiro atoms. The molecule has 3 rings (SSSR count). The van der Waals surface area contributed by atoms with Crippen LogP contribution in [0.2, 0.25) is 0 Å². The fraction of sp³-hybridized carbons (Fsp3) is 0.308. The Morgan fingerprint density at radius 2 is 2.35 bits per heavy atom. The van der Waals surface area contributed by atoms with Crippen LogP contribution in [0.3, 0.4) is 0 Å². The van der Waals surface area contributed by atoms with Crippen LogP contribution in [0.4, 0.5) is 9.52 Å². The van der Waals surface area contributed by atoms with Crippen molar-refractivity contribution >= 4 is 16.5 Å². The number of aromatic nitrogens is 1. The molecule has 0 saturated heterocycles. The number of rotatable bonds is 3. The summed E-state index contributed by atoms with van der Waals surface area (Å²) in [6.07, 6.45) is 1.90. The summed E-state index contributed by atoms with van der Waals surface area (Å²) in [7, 11) is 0. The highest BCUT2D eigenvalue weighted by Gasteiger charge is 2.23. The third-order valence-corrected chi connectivity index (χ3v) is 3.91. The van der Waals surface area contributed by atoms with Crippen LogP contribution < -0.4 is 5.32 Å². The monoisotopic (exact) mass is 248 g/mol. The Hall–Kier alpha value is -1.42. The van der Waals surface area contributed by atoms with Gasteiger partial charge in [-0.3, -0.25) is 0 Å². The van der Waals surface area contributed by atoms with Crippen molar-refractivity contribution in [2.24, 2.45) is 0 Å². The SMILES string of the molecule is CCCNc1nc2c(s1)Cc1cc(F)ccc1-2. The van der Waals surface area contributed by atoms with Gasteiger partial charge in [0.15, 0.2) is 5.13 Å². The Morgan fingerprint density at radius 1 is 1.47 bits per heavy atom. The summed E-state index contributed by atoms with van der Waals surface area (Å²) in [5.74, 6) is -0.164. The van der Waals surface area contributed by atoms with Gasteiger partial charge in [-0.25, -0.2) is 9.37 Å².